The molecule has 0 radical (unpaired) electrons. The number of nitrogens with zero attached hydrogens (tertiary/aromatic N) is 2. The number of hydrogen-bond acceptors (Lipinski definition) is 4. The Morgan fingerprint density at radius 3 is 1.80 bits per heavy atom. The third-order valence-corrected chi connectivity index (χ3v) is 6.05. The quantitative estimate of drug-likeness (QED) is 0.261. The molecule has 30 heavy (non-hydrogen) atoms. The van der Waals surface area contributed by atoms with Gasteiger partial charge in [0, 0.05) is 11.4 Å². The Kier molecular flexibility index (Phi) is 6.28. The molecule has 0 spiro atoms. The summed E-state index contributed by atoms with van der Waals surface area (Å²) in [5.74, 6) is 0.455. The van der Waals surface area contributed by atoms with Crippen LogP contribution in [0.25, 0.3) is 22.5 Å². The summed E-state index contributed by atoms with van der Waals surface area (Å²) in [6, 6.07) is 28.8. The fourth-order valence-electron chi connectivity index (χ4n) is 3.33. The summed E-state index contributed by atoms with van der Waals surface area (Å²) in [6.45, 7) is 0.00220. The fourth-order valence-corrected chi connectivity index (χ4v) is 4.73. The van der Waals surface area contributed by atoms with E-state index in [9.17, 15) is 9.90 Å². The maximum absolute atomic E-state index is 13.8. The molecule has 150 valence electrons. The molecule has 0 saturated heterocycles. The number of aliphatic hydroxyl groups is 1. The number of hydrogen-bond donors (Lipinski definition) is 1. The van der Waals surface area contributed by atoms with Crippen LogP contribution in [0.4, 0.5) is 0 Å². The predicted octanol–water partition coefficient (Wildman–Crippen LogP) is 5.11. The van der Waals surface area contributed by atoms with Gasteiger partial charge >= 0.3 is 0 Å². The molecule has 4 nitrogen and oxygen atoms in total. The molecule has 0 unspecified atom stereocenters. The normalized spacial score (nSPS) is 10.8. The molecule has 0 bridgehead atoms. The van der Waals surface area contributed by atoms with Crippen molar-refractivity contribution < 1.29 is 5.11 Å². The lowest BCUT2D eigenvalue weighted by molar-refractivity contribution is 0.322. The molecular weight excluding hydrogens is 412 g/mol. The van der Waals surface area contributed by atoms with E-state index < -0.39 is 0 Å². The van der Waals surface area contributed by atoms with Gasteiger partial charge < -0.3 is 5.11 Å². The molecule has 4 rings (SSSR count). The van der Waals surface area contributed by atoms with E-state index >= 15 is 0 Å². The summed E-state index contributed by atoms with van der Waals surface area (Å²) in [5, 5.41) is 10.2. The highest BCUT2D eigenvalue weighted by Gasteiger charge is 2.21. The lowest BCUT2D eigenvalue weighted by Crippen LogP contribution is -2.26. The van der Waals surface area contributed by atoms with Gasteiger partial charge in [0.2, 0.25) is 0 Å². The smallest absolute Gasteiger partial charge is 0.267 e. The maximum atomic E-state index is 13.8. The van der Waals surface area contributed by atoms with Gasteiger partial charge in [0.1, 0.15) is 0 Å². The molecule has 1 aromatic heterocycles. The van der Waals surface area contributed by atoms with Gasteiger partial charge in [0.15, 0.2) is 4.77 Å². The van der Waals surface area contributed by atoms with Crippen LogP contribution >= 0.6 is 24.0 Å². The molecule has 6 heteroatoms. The number of aromatic nitrogens is 2. The standard InChI is InChI=1S/C24H20N2O2S2/c27-16-17-30-23-21(18-10-4-1-5-11-18)22(28)25(19-12-6-2-7-13-19)24(29)26(23)20-14-8-3-9-15-20/h1-15,27H,16-17H2. The lowest BCUT2D eigenvalue weighted by Gasteiger charge is -2.21. The van der Waals surface area contributed by atoms with Crippen molar-refractivity contribution in [1.29, 1.82) is 0 Å². The van der Waals surface area contributed by atoms with Crippen molar-refractivity contribution in [3.8, 4) is 22.5 Å². The van der Waals surface area contributed by atoms with Gasteiger partial charge in [0.25, 0.3) is 5.56 Å². The van der Waals surface area contributed by atoms with Gasteiger partial charge in [0.05, 0.1) is 22.9 Å². The molecular formula is C24H20N2O2S2. The predicted molar refractivity (Wildman–Crippen MR) is 125 cm³/mol. The molecule has 0 atom stereocenters. The average molecular weight is 433 g/mol. The lowest BCUT2D eigenvalue weighted by atomic mass is 10.1. The van der Waals surface area contributed by atoms with E-state index in [4.69, 9.17) is 12.2 Å². The Bertz CT molecular complexity index is 1180. The fraction of sp³-hybridized carbons (Fsp3) is 0.0833. The molecule has 3 aromatic carbocycles. The first kappa shape index (κ1) is 20.3. The second-order valence-corrected chi connectivity index (χ2v) is 8.00. The van der Waals surface area contributed by atoms with Crippen molar-refractivity contribution in [1.82, 2.24) is 9.13 Å². The number of thioether (sulfide) groups is 1. The van der Waals surface area contributed by atoms with Crippen LogP contribution in [-0.4, -0.2) is 26.6 Å². The number of benzene rings is 3. The molecule has 0 amide bonds. The van der Waals surface area contributed by atoms with Gasteiger partial charge in [-0.05, 0) is 42.0 Å². The van der Waals surface area contributed by atoms with Crippen LogP contribution in [0.5, 0.6) is 0 Å². The van der Waals surface area contributed by atoms with Crippen molar-refractivity contribution in [2.75, 3.05) is 12.4 Å². The van der Waals surface area contributed by atoms with Gasteiger partial charge in [-0.15, -0.1) is 11.8 Å². The van der Waals surface area contributed by atoms with E-state index in [2.05, 4.69) is 0 Å². The van der Waals surface area contributed by atoms with E-state index in [1.54, 1.807) is 4.57 Å². The Morgan fingerprint density at radius 2 is 1.27 bits per heavy atom. The molecule has 4 aromatic rings. The summed E-state index contributed by atoms with van der Waals surface area (Å²) in [4.78, 5) is 13.8. The molecule has 0 aliphatic heterocycles. The average Bonchev–Trinajstić information content (AvgIpc) is 2.79. The zero-order valence-electron chi connectivity index (χ0n) is 16.1. The van der Waals surface area contributed by atoms with Crippen LogP contribution in [-0.2, 0) is 0 Å². The van der Waals surface area contributed by atoms with Gasteiger partial charge in [-0.25, -0.2) is 0 Å². The van der Waals surface area contributed by atoms with Crippen molar-refractivity contribution in [3.05, 3.63) is 106 Å². The Hall–Kier alpha value is -2.93. The summed E-state index contributed by atoms with van der Waals surface area (Å²) in [5.41, 5.74) is 2.78. The van der Waals surface area contributed by atoms with E-state index in [1.807, 2.05) is 95.6 Å². The number of rotatable bonds is 6. The van der Waals surface area contributed by atoms with Crippen LogP contribution in [0.2, 0.25) is 0 Å². The third kappa shape index (κ3) is 3.89. The van der Waals surface area contributed by atoms with E-state index in [0.29, 0.717) is 21.8 Å². The van der Waals surface area contributed by atoms with E-state index in [0.717, 1.165) is 16.3 Å². The first-order valence-electron chi connectivity index (χ1n) is 9.54. The summed E-state index contributed by atoms with van der Waals surface area (Å²) >= 11 is 7.27. The van der Waals surface area contributed by atoms with Crippen LogP contribution in [0.3, 0.4) is 0 Å². The topological polar surface area (TPSA) is 47.2 Å². The van der Waals surface area contributed by atoms with Crippen molar-refractivity contribution in [2.24, 2.45) is 0 Å². The Labute approximate surface area is 184 Å². The molecule has 0 fully saturated rings. The highest BCUT2D eigenvalue weighted by Crippen LogP contribution is 2.32. The van der Waals surface area contributed by atoms with Gasteiger partial charge in [-0.3, -0.25) is 13.9 Å². The van der Waals surface area contributed by atoms with Gasteiger partial charge in [-0.1, -0.05) is 66.7 Å². The van der Waals surface area contributed by atoms with Crippen LogP contribution < -0.4 is 5.56 Å². The molecule has 1 heterocycles. The second-order valence-electron chi connectivity index (χ2n) is 6.55. The first-order valence-corrected chi connectivity index (χ1v) is 10.9. The zero-order valence-corrected chi connectivity index (χ0v) is 17.8. The molecule has 0 saturated carbocycles. The minimum absolute atomic E-state index is 0.00220. The highest BCUT2D eigenvalue weighted by atomic mass is 32.2. The SMILES string of the molecule is O=c1c(-c2ccccc2)c(SCCO)n(-c2ccccc2)c(=S)n1-c1ccccc1. The monoisotopic (exact) mass is 432 g/mol. The highest BCUT2D eigenvalue weighted by molar-refractivity contribution is 7.99. The molecule has 1 N–H and O–H groups in total. The summed E-state index contributed by atoms with van der Waals surface area (Å²) in [7, 11) is 0. The second kappa shape index (κ2) is 9.26. The van der Waals surface area contributed by atoms with Crippen LogP contribution in [0.15, 0.2) is 101 Å². The number of aliphatic hydroxyl groups excluding tert-OH is 1. The first-order chi connectivity index (χ1) is 14.7. The van der Waals surface area contributed by atoms with Crippen molar-refractivity contribution >= 4 is 24.0 Å². The minimum Gasteiger partial charge on any atom is -0.396 e. The molecule has 0 aliphatic carbocycles. The van der Waals surface area contributed by atoms with Gasteiger partial charge in [-0.2, -0.15) is 0 Å². The van der Waals surface area contributed by atoms with Crippen LogP contribution in [0, 0.1) is 4.77 Å². The Morgan fingerprint density at radius 1 is 0.767 bits per heavy atom. The summed E-state index contributed by atoms with van der Waals surface area (Å²) < 4.78 is 3.89. The van der Waals surface area contributed by atoms with E-state index in [1.165, 1.54) is 11.8 Å². The molecule has 0 aliphatic rings. The summed E-state index contributed by atoms with van der Waals surface area (Å²) in [6.07, 6.45) is 0. The maximum Gasteiger partial charge on any atom is 0.267 e. The van der Waals surface area contributed by atoms with Crippen molar-refractivity contribution in [2.45, 2.75) is 5.03 Å². The van der Waals surface area contributed by atoms with Crippen molar-refractivity contribution in [3.63, 3.8) is 0 Å². The van der Waals surface area contributed by atoms with Crippen LogP contribution in [0.1, 0.15) is 0 Å². The third-order valence-electron chi connectivity index (χ3n) is 4.64. The largest absolute Gasteiger partial charge is 0.396 e. The van der Waals surface area contributed by atoms with E-state index in [-0.39, 0.29) is 12.2 Å². The zero-order chi connectivity index (χ0) is 20.9. The number of para-hydroxylation sites is 2. The minimum atomic E-state index is -0.176. The Balaban J connectivity index is 2.16.